The van der Waals surface area contributed by atoms with E-state index in [4.69, 9.17) is 4.74 Å². The van der Waals surface area contributed by atoms with Crippen molar-refractivity contribution in [3.63, 3.8) is 0 Å². The summed E-state index contributed by atoms with van der Waals surface area (Å²) in [6.45, 7) is 1.20. The van der Waals surface area contributed by atoms with Gasteiger partial charge in [-0.25, -0.2) is 0 Å². The lowest BCUT2D eigenvalue weighted by atomic mass is 9.99. The van der Waals surface area contributed by atoms with E-state index in [1.165, 1.54) is 13.2 Å². The number of carbonyl (C=O) groups is 1. The van der Waals surface area contributed by atoms with Crippen LogP contribution in [0.25, 0.3) is 10.9 Å². The van der Waals surface area contributed by atoms with Crippen molar-refractivity contribution in [2.75, 3.05) is 7.11 Å². The minimum absolute atomic E-state index is 0.0499. The average molecular weight is 400 g/mol. The van der Waals surface area contributed by atoms with Crippen LogP contribution in [0, 0.1) is 13.8 Å². The number of hydrogen-bond donors (Lipinski definition) is 1. The lowest BCUT2D eigenvalue weighted by molar-refractivity contribution is -0.120. The summed E-state index contributed by atoms with van der Waals surface area (Å²) in [5.41, 5.74) is 4.39. The van der Waals surface area contributed by atoms with Crippen LogP contribution in [0.3, 0.4) is 0 Å². The van der Waals surface area contributed by atoms with Crippen LogP contribution in [0.2, 0.25) is 0 Å². The molecule has 1 N–H and O–H groups in total. The summed E-state index contributed by atoms with van der Waals surface area (Å²) in [5.74, 6) is -0.0197. The molecule has 3 aromatic rings. The molecule has 0 atom stereocenters. The number of carbonyl (C=O) groups excluding carboxylic acids is 1. The van der Waals surface area contributed by atoms with Gasteiger partial charge in [-0.05, 0) is 48.7 Å². The molecule has 0 unspecified atom stereocenters. The molecule has 7 heteroatoms. The Balaban J connectivity index is 1.70. The maximum absolute atomic E-state index is 12.5. The van der Waals surface area contributed by atoms with Crippen LogP contribution in [-0.4, -0.2) is 24.6 Å². The van der Waals surface area contributed by atoms with Crippen molar-refractivity contribution >= 4 is 16.8 Å². The summed E-state index contributed by atoms with van der Waals surface area (Å²) in [5, 5.41) is 3.88. The van der Waals surface area contributed by atoms with E-state index in [0.29, 0.717) is 5.56 Å². The van der Waals surface area contributed by atoms with Gasteiger partial charge in [0.15, 0.2) is 11.5 Å². The Kier molecular flexibility index (Phi) is 6.26. The van der Waals surface area contributed by atoms with Crippen LogP contribution in [0.15, 0.2) is 42.5 Å². The third kappa shape index (κ3) is 4.80. The topological polar surface area (TPSA) is 60.5 Å². The Morgan fingerprint density at radius 3 is 2.62 bits per heavy atom. The highest BCUT2D eigenvalue weighted by Gasteiger charge is 2.14. The van der Waals surface area contributed by atoms with Crippen molar-refractivity contribution in [3.8, 4) is 11.5 Å². The van der Waals surface area contributed by atoms with Crippen molar-refractivity contribution in [3.05, 3.63) is 64.8 Å². The van der Waals surface area contributed by atoms with E-state index in [9.17, 15) is 13.6 Å². The number of nitrogens with zero attached hydrogens (tertiary/aromatic N) is 1. The molecule has 1 heterocycles. The summed E-state index contributed by atoms with van der Waals surface area (Å²) in [6.07, 6.45) is 0.208. The fourth-order valence-corrected chi connectivity index (χ4v) is 3.27. The minimum atomic E-state index is -2.93. The Morgan fingerprint density at radius 2 is 1.90 bits per heavy atom. The molecule has 0 aliphatic carbocycles. The van der Waals surface area contributed by atoms with Gasteiger partial charge in [0.05, 0.1) is 19.0 Å². The standard InChI is InChI=1S/C22H22F2N2O3/c1-13-16-6-4-5-7-18(16)26-14(2)17(13)11-21(27)25-12-15-8-9-19(29-22(23)24)20(10-15)28-3/h4-10,22H,11-12H2,1-3H3,(H,25,27). The highest BCUT2D eigenvalue weighted by atomic mass is 19.3. The zero-order valence-corrected chi connectivity index (χ0v) is 16.5. The van der Waals surface area contributed by atoms with Gasteiger partial charge in [0, 0.05) is 17.6 Å². The minimum Gasteiger partial charge on any atom is -0.493 e. The molecule has 0 spiro atoms. The van der Waals surface area contributed by atoms with Crippen molar-refractivity contribution < 1.29 is 23.0 Å². The molecule has 0 aliphatic heterocycles. The number of benzene rings is 2. The molecule has 0 bridgehead atoms. The first kappa shape index (κ1) is 20.5. The van der Waals surface area contributed by atoms with Crippen LogP contribution in [0.5, 0.6) is 11.5 Å². The number of hydrogen-bond acceptors (Lipinski definition) is 4. The van der Waals surface area contributed by atoms with Crippen molar-refractivity contribution in [1.82, 2.24) is 10.3 Å². The Hall–Kier alpha value is -3.22. The molecular weight excluding hydrogens is 378 g/mol. The quantitative estimate of drug-likeness (QED) is 0.642. The van der Waals surface area contributed by atoms with Gasteiger partial charge >= 0.3 is 6.61 Å². The highest BCUT2D eigenvalue weighted by molar-refractivity contribution is 5.86. The largest absolute Gasteiger partial charge is 0.493 e. The van der Waals surface area contributed by atoms with Crippen molar-refractivity contribution in [1.29, 1.82) is 0 Å². The predicted molar refractivity (Wildman–Crippen MR) is 106 cm³/mol. The number of aromatic nitrogens is 1. The predicted octanol–water partition coefficient (Wildman–Crippen LogP) is 4.32. The zero-order valence-electron chi connectivity index (χ0n) is 16.5. The van der Waals surface area contributed by atoms with Gasteiger partial charge < -0.3 is 14.8 Å². The molecule has 1 aromatic heterocycles. The molecule has 0 fully saturated rings. The first-order valence-corrected chi connectivity index (χ1v) is 9.12. The third-order valence-electron chi connectivity index (χ3n) is 4.76. The zero-order chi connectivity index (χ0) is 21.0. The monoisotopic (exact) mass is 400 g/mol. The summed E-state index contributed by atoms with van der Waals surface area (Å²) in [7, 11) is 1.37. The fourth-order valence-electron chi connectivity index (χ4n) is 3.27. The number of pyridine rings is 1. The molecule has 5 nitrogen and oxygen atoms in total. The van der Waals surface area contributed by atoms with E-state index in [-0.39, 0.29) is 30.4 Å². The van der Waals surface area contributed by atoms with E-state index in [2.05, 4.69) is 15.0 Å². The van der Waals surface area contributed by atoms with Crippen LogP contribution in [0.4, 0.5) is 8.78 Å². The molecule has 0 aliphatic rings. The van der Waals surface area contributed by atoms with Gasteiger partial charge in [-0.3, -0.25) is 9.78 Å². The number of para-hydroxylation sites is 1. The highest BCUT2D eigenvalue weighted by Crippen LogP contribution is 2.29. The van der Waals surface area contributed by atoms with Crippen LogP contribution in [-0.2, 0) is 17.8 Å². The number of fused-ring (bicyclic) bond motifs is 1. The molecule has 29 heavy (non-hydrogen) atoms. The number of halogens is 2. The molecule has 2 aromatic carbocycles. The van der Waals surface area contributed by atoms with Crippen molar-refractivity contribution in [2.45, 2.75) is 33.4 Å². The molecule has 3 rings (SSSR count). The van der Waals surface area contributed by atoms with E-state index >= 15 is 0 Å². The number of aryl methyl sites for hydroxylation is 2. The fraction of sp³-hybridized carbons (Fsp3) is 0.273. The number of ether oxygens (including phenoxy) is 2. The molecule has 0 saturated carbocycles. The smallest absolute Gasteiger partial charge is 0.387 e. The summed E-state index contributed by atoms with van der Waals surface area (Å²) in [6, 6.07) is 12.4. The van der Waals surface area contributed by atoms with Crippen LogP contribution >= 0.6 is 0 Å². The first-order valence-electron chi connectivity index (χ1n) is 9.12. The second kappa shape index (κ2) is 8.86. The van der Waals surface area contributed by atoms with E-state index in [1.54, 1.807) is 12.1 Å². The Morgan fingerprint density at radius 1 is 1.14 bits per heavy atom. The lowest BCUT2D eigenvalue weighted by Gasteiger charge is -2.14. The number of methoxy groups -OCH3 is 1. The van der Waals surface area contributed by atoms with Crippen LogP contribution < -0.4 is 14.8 Å². The maximum atomic E-state index is 12.5. The van der Waals surface area contributed by atoms with Gasteiger partial charge in [0.25, 0.3) is 0 Å². The third-order valence-corrected chi connectivity index (χ3v) is 4.76. The Labute approximate surface area is 167 Å². The summed E-state index contributed by atoms with van der Waals surface area (Å²) in [4.78, 5) is 17.1. The molecular formula is C22H22F2N2O3. The second-order valence-electron chi connectivity index (χ2n) is 6.64. The molecule has 0 radical (unpaired) electrons. The average Bonchev–Trinajstić information content (AvgIpc) is 2.70. The lowest BCUT2D eigenvalue weighted by Crippen LogP contribution is -2.25. The molecule has 1 amide bonds. The van der Waals surface area contributed by atoms with Gasteiger partial charge in [-0.1, -0.05) is 24.3 Å². The van der Waals surface area contributed by atoms with Gasteiger partial charge in [-0.15, -0.1) is 0 Å². The second-order valence-corrected chi connectivity index (χ2v) is 6.64. The van der Waals surface area contributed by atoms with E-state index in [1.807, 2.05) is 38.1 Å². The van der Waals surface area contributed by atoms with Crippen molar-refractivity contribution in [2.24, 2.45) is 0 Å². The number of rotatable bonds is 7. The van der Waals surface area contributed by atoms with E-state index in [0.717, 1.165) is 27.7 Å². The maximum Gasteiger partial charge on any atom is 0.387 e. The summed E-state index contributed by atoms with van der Waals surface area (Å²) < 4.78 is 34.3. The van der Waals surface area contributed by atoms with Crippen LogP contribution in [0.1, 0.15) is 22.4 Å². The van der Waals surface area contributed by atoms with Gasteiger partial charge in [-0.2, -0.15) is 8.78 Å². The normalized spacial score (nSPS) is 11.0. The SMILES string of the molecule is COc1cc(CNC(=O)Cc2c(C)nc3ccccc3c2C)ccc1OC(F)F. The number of alkyl halides is 2. The molecule has 152 valence electrons. The summed E-state index contributed by atoms with van der Waals surface area (Å²) >= 11 is 0. The molecule has 0 saturated heterocycles. The Bertz CT molecular complexity index is 1040. The van der Waals surface area contributed by atoms with Gasteiger partial charge in [0.1, 0.15) is 0 Å². The van der Waals surface area contributed by atoms with Gasteiger partial charge in [0.2, 0.25) is 5.91 Å². The number of nitrogens with one attached hydrogen (secondary N) is 1. The number of amides is 1. The van der Waals surface area contributed by atoms with E-state index < -0.39 is 6.61 Å². The first-order chi connectivity index (χ1) is 13.9.